The van der Waals surface area contributed by atoms with Crippen molar-refractivity contribution in [3.63, 3.8) is 0 Å². The Hall–Kier alpha value is -1.20. The van der Waals surface area contributed by atoms with Crippen molar-refractivity contribution in [1.82, 2.24) is 4.98 Å². The maximum Gasteiger partial charge on any atom is 0.223 e. The van der Waals surface area contributed by atoms with Gasteiger partial charge in [-0.1, -0.05) is 34.1 Å². The fourth-order valence-electron chi connectivity index (χ4n) is 1.43. The van der Waals surface area contributed by atoms with Crippen molar-refractivity contribution in [3.8, 4) is 0 Å². The number of nitrogens with one attached hydrogen (secondary N) is 1. The quantitative estimate of drug-likeness (QED) is 0.943. The number of halogens is 1. The SMILES string of the molecule is CC(=O)Nc1ncc(Cc2ccccc2Br)s1. The third kappa shape index (κ3) is 3.38. The van der Waals surface area contributed by atoms with Crippen LogP contribution in [0.4, 0.5) is 5.13 Å². The molecule has 88 valence electrons. The van der Waals surface area contributed by atoms with E-state index in [4.69, 9.17) is 0 Å². The summed E-state index contributed by atoms with van der Waals surface area (Å²) in [5.74, 6) is -0.0909. The lowest BCUT2D eigenvalue weighted by molar-refractivity contribution is -0.114. The highest BCUT2D eigenvalue weighted by molar-refractivity contribution is 9.10. The van der Waals surface area contributed by atoms with Crippen molar-refractivity contribution in [2.45, 2.75) is 13.3 Å². The number of anilines is 1. The molecule has 1 N–H and O–H groups in total. The summed E-state index contributed by atoms with van der Waals surface area (Å²) in [5, 5.41) is 3.33. The highest BCUT2D eigenvalue weighted by Gasteiger charge is 2.06. The Labute approximate surface area is 112 Å². The average Bonchev–Trinajstić information content (AvgIpc) is 2.68. The second-order valence-electron chi connectivity index (χ2n) is 3.58. The van der Waals surface area contributed by atoms with Crippen molar-refractivity contribution in [2.24, 2.45) is 0 Å². The smallest absolute Gasteiger partial charge is 0.223 e. The Balaban J connectivity index is 2.12. The van der Waals surface area contributed by atoms with Gasteiger partial charge in [-0.3, -0.25) is 4.79 Å². The van der Waals surface area contributed by atoms with Crippen molar-refractivity contribution in [3.05, 3.63) is 45.4 Å². The van der Waals surface area contributed by atoms with Crippen molar-refractivity contribution >= 4 is 38.3 Å². The fraction of sp³-hybridized carbons (Fsp3) is 0.167. The van der Waals surface area contributed by atoms with Gasteiger partial charge >= 0.3 is 0 Å². The predicted molar refractivity (Wildman–Crippen MR) is 73.4 cm³/mol. The molecule has 0 radical (unpaired) electrons. The number of hydrogen-bond donors (Lipinski definition) is 1. The molecule has 0 saturated heterocycles. The molecule has 1 aromatic carbocycles. The Kier molecular flexibility index (Phi) is 3.91. The van der Waals surface area contributed by atoms with Crippen LogP contribution in [0.2, 0.25) is 0 Å². The van der Waals surface area contributed by atoms with E-state index in [-0.39, 0.29) is 5.91 Å². The molecule has 1 amide bonds. The zero-order chi connectivity index (χ0) is 12.3. The molecule has 0 unspecified atom stereocenters. The number of nitrogens with zero attached hydrogens (tertiary/aromatic N) is 1. The van der Waals surface area contributed by atoms with Gasteiger partial charge < -0.3 is 5.32 Å². The first-order chi connectivity index (χ1) is 8.15. The van der Waals surface area contributed by atoms with Gasteiger partial charge in [0, 0.05) is 28.9 Å². The van der Waals surface area contributed by atoms with Crippen LogP contribution in [-0.2, 0) is 11.2 Å². The van der Waals surface area contributed by atoms with Gasteiger partial charge in [0.15, 0.2) is 5.13 Å². The summed E-state index contributed by atoms with van der Waals surface area (Å²) in [6.07, 6.45) is 2.62. The number of rotatable bonds is 3. The van der Waals surface area contributed by atoms with E-state index in [0.717, 1.165) is 15.8 Å². The zero-order valence-corrected chi connectivity index (χ0v) is 11.6. The molecule has 0 bridgehead atoms. The van der Waals surface area contributed by atoms with Crippen LogP contribution < -0.4 is 5.32 Å². The van der Waals surface area contributed by atoms with Gasteiger partial charge in [-0.2, -0.15) is 0 Å². The topological polar surface area (TPSA) is 42.0 Å². The molecule has 1 aromatic heterocycles. The first kappa shape index (κ1) is 12.3. The standard InChI is InChI=1S/C12H11BrN2OS/c1-8(16)15-12-14-7-10(17-12)6-9-4-2-3-5-11(9)13/h2-5,7H,6H2,1H3,(H,14,15,16). The van der Waals surface area contributed by atoms with E-state index in [2.05, 4.69) is 32.3 Å². The second-order valence-corrected chi connectivity index (χ2v) is 5.55. The summed E-state index contributed by atoms with van der Waals surface area (Å²) < 4.78 is 1.09. The second kappa shape index (κ2) is 5.42. The van der Waals surface area contributed by atoms with E-state index in [1.165, 1.54) is 23.8 Å². The molecule has 5 heteroatoms. The lowest BCUT2D eigenvalue weighted by Gasteiger charge is -2.00. The monoisotopic (exact) mass is 310 g/mol. The van der Waals surface area contributed by atoms with Crippen LogP contribution in [0.15, 0.2) is 34.9 Å². The minimum Gasteiger partial charge on any atom is -0.302 e. The molecule has 17 heavy (non-hydrogen) atoms. The molecule has 0 saturated carbocycles. The molecule has 0 aliphatic rings. The predicted octanol–water partition coefficient (Wildman–Crippen LogP) is 3.45. The average molecular weight is 311 g/mol. The van der Waals surface area contributed by atoms with Crippen LogP contribution in [0.25, 0.3) is 0 Å². The van der Waals surface area contributed by atoms with Gasteiger partial charge in [0.25, 0.3) is 0 Å². The maximum absolute atomic E-state index is 10.9. The molecular weight excluding hydrogens is 300 g/mol. The van der Waals surface area contributed by atoms with Crippen LogP contribution in [0.5, 0.6) is 0 Å². The highest BCUT2D eigenvalue weighted by Crippen LogP contribution is 2.24. The molecule has 1 heterocycles. The van der Waals surface area contributed by atoms with Crippen molar-refractivity contribution < 1.29 is 4.79 Å². The van der Waals surface area contributed by atoms with E-state index in [9.17, 15) is 4.79 Å². The molecule has 2 rings (SSSR count). The van der Waals surface area contributed by atoms with Crippen LogP contribution in [0, 0.1) is 0 Å². The molecule has 0 spiro atoms. The summed E-state index contributed by atoms with van der Waals surface area (Å²) >= 11 is 5.02. The molecule has 3 nitrogen and oxygen atoms in total. The van der Waals surface area contributed by atoms with Gasteiger partial charge in [-0.05, 0) is 11.6 Å². The van der Waals surface area contributed by atoms with Gasteiger partial charge in [0.05, 0.1) is 0 Å². The maximum atomic E-state index is 10.9. The number of hydrogen-bond acceptors (Lipinski definition) is 3. The Morgan fingerprint density at radius 2 is 2.24 bits per heavy atom. The Bertz CT molecular complexity index is 539. The fourth-order valence-corrected chi connectivity index (χ4v) is 2.73. The van der Waals surface area contributed by atoms with Crippen molar-refractivity contribution in [2.75, 3.05) is 5.32 Å². The van der Waals surface area contributed by atoms with E-state index in [1.54, 1.807) is 6.20 Å². The van der Waals surface area contributed by atoms with Crippen LogP contribution in [0.1, 0.15) is 17.4 Å². The minimum absolute atomic E-state index is 0.0909. The highest BCUT2D eigenvalue weighted by atomic mass is 79.9. The number of thiazole rings is 1. The molecule has 0 atom stereocenters. The van der Waals surface area contributed by atoms with E-state index in [1.807, 2.05) is 18.2 Å². The lowest BCUT2D eigenvalue weighted by atomic mass is 10.1. The van der Waals surface area contributed by atoms with Gasteiger partial charge in [-0.25, -0.2) is 4.98 Å². The van der Waals surface area contributed by atoms with E-state index < -0.39 is 0 Å². The van der Waals surface area contributed by atoms with Gasteiger partial charge in [-0.15, -0.1) is 11.3 Å². The number of aromatic nitrogens is 1. The van der Waals surface area contributed by atoms with Crippen LogP contribution in [-0.4, -0.2) is 10.9 Å². The molecular formula is C12H11BrN2OS. The zero-order valence-electron chi connectivity index (χ0n) is 9.24. The summed E-state index contributed by atoms with van der Waals surface area (Å²) in [6.45, 7) is 1.48. The van der Waals surface area contributed by atoms with Gasteiger partial charge in [0.2, 0.25) is 5.91 Å². The number of amides is 1. The Morgan fingerprint density at radius 3 is 2.94 bits per heavy atom. The van der Waals surface area contributed by atoms with Crippen LogP contribution >= 0.6 is 27.3 Å². The Morgan fingerprint density at radius 1 is 1.47 bits per heavy atom. The van der Waals surface area contributed by atoms with Crippen molar-refractivity contribution in [1.29, 1.82) is 0 Å². The number of carbonyl (C=O) groups is 1. The lowest BCUT2D eigenvalue weighted by Crippen LogP contribution is -2.04. The summed E-state index contributed by atoms with van der Waals surface area (Å²) in [4.78, 5) is 16.2. The molecule has 2 aromatic rings. The largest absolute Gasteiger partial charge is 0.302 e. The normalized spacial score (nSPS) is 10.2. The number of benzene rings is 1. The molecule has 0 fully saturated rings. The minimum atomic E-state index is -0.0909. The van der Waals surface area contributed by atoms with Gasteiger partial charge in [0.1, 0.15) is 0 Å². The van der Waals surface area contributed by atoms with Crippen LogP contribution in [0.3, 0.4) is 0 Å². The molecule has 0 aliphatic heterocycles. The third-order valence-corrected chi connectivity index (χ3v) is 3.85. The molecule has 0 aliphatic carbocycles. The number of carbonyl (C=O) groups excluding carboxylic acids is 1. The summed E-state index contributed by atoms with van der Waals surface area (Å²) in [7, 11) is 0. The summed E-state index contributed by atoms with van der Waals surface area (Å²) in [5.41, 5.74) is 1.21. The third-order valence-electron chi connectivity index (χ3n) is 2.16. The summed E-state index contributed by atoms with van der Waals surface area (Å²) in [6, 6.07) is 8.09. The first-order valence-corrected chi connectivity index (χ1v) is 6.72. The first-order valence-electron chi connectivity index (χ1n) is 5.11. The van der Waals surface area contributed by atoms with E-state index >= 15 is 0 Å². The van der Waals surface area contributed by atoms with E-state index in [0.29, 0.717) is 5.13 Å².